The molecule has 0 bridgehead atoms. The second kappa shape index (κ2) is 8.01. The van der Waals surface area contributed by atoms with Crippen LogP contribution in [0.3, 0.4) is 0 Å². The zero-order chi connectivity index (χ0) is 16.8. The van der Waals surface area contributed by atoms with E-state index >= 15 is 0 Å². The van der Waals surface area contributed by atoms with Crippen LogP contribution in [0.1, 0.15) is 12.0 Å². The summed E-state index contributed by atoms with van der Waals surface area (Å²) >= 11 is 0. The Labute approximate surface area is 141 Å². The Balaban J connectivity index is 1.42. The van der Waals surface area contributed by atoms with Crippen LogP contribution in [-0.4, -0.2) is 67.7 Å². The lowest BCUT2D eigenvalue weighted by molar-refractivity contribution is -0.122. The van der Waals surface area contributed by atoms with Crippen LogP contribution in [-0.2, 0) is 16.1 Å². The van der Waals surface area contributed by atoms with Gasteiger partial charge in [0.15, 0.2) is 0 Å². The van der Waals surface area contributed by atoms with E-state index < -0.39 is 0 Å². The first-order valence-corrected chi connectivity index (χ1v) is 8.34. The highest BCUT2D eigenvalue weighted by molar-refractivity contribution is 5.78. The van der Waals surface area contributed by atoms with E-state index in [0.717, 1.165) is 17.7 Å². The van der Waals surface area contributed by atoms with Crippen molar-refractivity contribution in [2.45, 2.75) is 13.0 Å². The molecule has 0 unspecified atom stereocenters. The van der Waals surface area contributed by atoms with E-state index in [2.05, 4.69) is 10.2 Å². The number of rotatable bonds is 5. The summed E-state index contributed by atoms with van der Waals surface area (Å²) in [6.07, 6.45) is 0.545. The van der Waals surface area contributed by atoms with Gasteiger partial charge in [0, 0.05) is 38.3 Å². The van der Waals surface area contributed by atoms with Crippen LogP contribution in [0.25, 0.3) is 0 Å². The zero-order valence-corrected chi connectivity index (χ0v) is 13.7. The number of fused-ring (bicyclic) bond motifs is 1. The minimum absolute atomic E-state index is 0.0419. The topological polar surface area (TPSA) is 71.1 Å². The molecule has 1 aromatic carbocycles. The van der Waals surface area contributed by atoms with Gasteiger partial charge in [-0.25, -0.2) is 4.79 Å². The summed E-state index contributed by atoms with van der Waals surface area (Å²) in [5, 5.41) is 2.87. The summed E-state index contributed by atoms with van der Waals surface area (Å²) in [5.41, 5.74) is 1.10. The van der Waals surface area contributed by atoms with Gasteiger partial charge in [-0.3, -0.25) is 9.69 Å². The quantitative estimate of drug-likeness (QED) is 0.865. The summed E-state index contributed by atoms with van der Waals surface area (Å²) < 4.78 is 10.7. The maximum Gasteiger partial charge on any atom is 0.409 e. The fourth-order valence-electron chi connectivity index (χ4n) is 2.90. The molecule has 7 nitrogen and oxygen atoms in total. The molecule has 2 amide bonds. The van der Waals surface area contributed by atoms with E-state index in [1.54, 1.807) is 4.90 Å². The van der Waals surface area contributed by atoms with Gasteiger partial charge in [0.05, 0.1) is 13.2 Å². The van der Waals surface area contributed by atoms with Crippen molar-refractivity contribution in [1.82, 2.24) is 15.1 Å². The molecule has 0 spiro atoms. The molecule has 1 N–H and O–H groups in total. The Kier molecular flexibility index (Phi) is 5.53. The van der Waals surface area contributed by atoms with Gasteiger partial charge in [0.25, 0.3) is 0 Å². The number of cyclic esters (lactones) is 1. The first kappa shape index (κ1) is 16.6. The Bertz CT molecular complexity index is 593. The van der Waals surface area contributed by atoms with Crippen LogP contribution in [0.2, 0.25) is 0 Å². The smallest absolute Gasteiger partial charge is 0.409 e. The molecule has 7 heteroatoms. The molecule has 1 aromatic rings. The van der Waals surface area contributed by atoms with Crippen LogP contribution >= 0.6 is 0 Å². The summed E-state index contributed by atoms with van der Waals surface area (Å²) in [6.45, 7) is 4.40. The normalized spacial score (nSPS) is 18.2. The molecule has 0 saturated carbocycles. The standard InChI is InChI=1S/C17H23N3O4/c21-16(18-6-8-20-7-3-10-24-17(20)22)13-19-9-11-23-15-5-2-1-4-14(15)12-19/h1-2,4-5H,3,6-13H2,(H,18,21). The van der Waals surface area contributed by atoms with Crippen molar-refractivity contribution >= 4 is 12.0 Å². The average Bonchev–Trinajstić information content (AvgIpc) is 2.78. The molecule has 24 heavy (non-hydrogen) atoms. The van der Waals surface area contributed by atoms with Gasteiger partial charge in [-0.05, 0) is 12.5 Å². The molecular formula is C17H23N3O4. The second-order valence-corrected chi connectivity index (χ2v) is 5.97. The predicted molar refractivity (Wildman–Crippen MR) is 87.8 cm³/mol. The molecule has 2 aliphatic rings. The van der Waals surface area contributed by atoms with Gasteiger partial charge in [0.2, 0.25) is 5.91 Å². The van der Waals surface area contributed by atoms with E-state index in [0.29, 0.717) is 52.5 Å². The van der Waals surface area contributed by atoms with E-state index in [1.807, 2.05) is 24.3 Å². The van der Waals surface area contributed by atoms with Gasteiger partial charge in [-0.15, -0.1) is 0 Å². The van der Waals surface area contributed by atoms with Gasteiger partial charge < -0.3 is 19.7 Å². The molecular weight excluding hydrogens is 310 g/mol. The molecule has 1 fully saturated rings. The van der Waals surface area contributed by atoms with Crippen molar-refractivity contribution in [2.75, 3.05) is 45.9 Å². The minimum Gasteiger partial charge on any atom is -0.492 e. The number of carbonyl (C=O) groups excluding carboxylic acids is 2. The van der Waals surface area contributed by atoms with E-state index in [4.69, 9.17) is 9.47 Å². The largest absolute Gasteiger partial charge is 0.492 e. The van der Waals surface area contributed by atoms with Crippen molar-refractivity contribution in [3.8, 4) is 5.75 Å². The number of benzene rings is 1. The van der Waals surface area contributed by atoms with E-state index in [9.17, 15) is 9.59 Å². The summed E-state index contributed by atoms with van der Waals surface area (Å²) in [6, 6.07) is 7.90. The first-order chi connectivity index (χ1) is 11.7. The van der Waals surface area contributed by atoms with E-state index in [-0.39, 0.29) is 12.0 Å². The van der Waals surface area contributed by atoms with Crippen molar-refractivity contribution < 1.29 is 19.1 Å². The van der Waals surface area contributed by atoms with Crippen LogP contribution in [0, 0.1) is 0 Å². The Morgan fingerprint density at radius 3 is 2.92 bits per heavy atom. The lowest BCUT2D eigenvalue weighted by Crippen LogP contribution is -2.44. The third-order valence-corrected chi connectivity index (χ3v) is 4.16. The number of hydrogen-bond donors (Lipinski definition) is 1. The molecule has 0 aromatic heterocycles. The van der Waals surface area contributed by atoms with Gasteiger partial charge >= 0.3 is 6.09 Å². The van der Waals surface area contributed by atoms with Gasteiger partial charge in [-0.1, -0.05) is 18.2 Å². The average molecular weight is 333 g/mol. The maximum atomic E-state index is 12.1. The fourth-order valence-corrected chi connectivity index (χ4v) is 2.90. The lowest BCUT2D eigenvalue weighted by Gasteiger charge is -2.26. The third-order valence-electron chi connectivity index (χ3n) is 4.16. The molecule has 3 rings (SSSR count). The molecule has 0 aliphatic carbocycles. The molecule has 2 aliphatic heterocycles. The number of ether oxygens (including phenoxy) is 2. The summed E-state index contributed by atoms with van der Waals surface area (Å²) in [4.78, 5) is 27.3. The predicted octanol–water partition coefficient (Wildman–Crippen LogP) is 0.839. The van der Waals surface area contributed by atoms with Crippen molar-refractivity contribution in [3.63, 3.8) is 0 Å². The summed E-state index contributed by atoms with van der Waals surface area (Å²) in [5.74, 6) is 0.851. The van der Waals surface area contributed by atoms with Crippen LogP contribution < -0.4 is 10.1 Å². The number of carbonyl (C=O) groups is 2. The van der Waals surface area contributed by atoms with Gasteiger partial charge in [0.1, 0.15) is 12.4 Å². The summed E-state index contributed by atoms with van der Waals surface area (Å²) in [7, 11) is 0. The highest BCUT2D eigenvalue weighted by Gasteiger charge is 2.20. The van der Waals surface area contributed by atoms with Crippen LogP contribution in [0.5, 0.6) is 5.75 Å². The highest BCUT2D eigenvalue weighted by atomic mass is 16.6. The molecule has 2 heterocycles. The number of nitrogens with one attached hydrogen (secondary N) is 1. The van der Waals surface area contributed by atoms with Crippen LogP contribution in [0.15, 0.2) is 24.3 Å². The molecule has 1 saturated heterocycles. The fraction of sp³-hybridized carbons (Fsp3) is 0.529. The highest BCUT2D eigenvalue weighted by Crippen LogP contribution is 2.22. The lowest BCUT2D eigenvalue weighted by atomic mass is 10.2. The maximum absolute atomic E-state index is 12.1. The monoisotopic (exact) mass is 333 g/mol. The first-order valence-electron chi connectivity index (χ1n) is 8.34. The molecule has 130 valence electrons. The molecule has 0 radical (unpaired) electrons. The SMILES string of the molecule is O=C(CN1CCOc2ccccc2C1)NCCN1CCCOC1=O. The third kappa shape index (κ3) is 4.38. The number of amides is 2. The zero-order valence-electron chi connectivity index (χ0n) is 13.7. The number of nitrogens with zero attached hydrogens (tertiary/aromatic N) is 2. The van der Waals surface area contributed by atoms with Gasteiger partial charge in [-0.2, -0.15) is 0 Å². The van der Waals surface area contributed by atoms with Crippen molar-refractivity contribution in [1.29, 1.82) is 0 Å². The van der Waals surface area contributed by atoms with E-state index in [1.165, 1.54) is 0 Å². The van der Waals surface area contributed by atoms with Crippen LogP contribution in [0.4, 0.5) is 4.79 Å². The molecule has 0 atom stereocenters. The van der Waals surface area contributed by atoms with Crippen molar-refractivity contribution in [3.05, 3.63) is 29.8 Å². The number of hydrogen-bond acceptors (Lipinski definition) is 5. The minimum atomic E-state index is -0.295. The Hall–Kier alpha value is -2.28. The Morgan fingerprint density at radius 1 is 1.17 bits per heavy atom. The second-order valence-electron chi connectivity index (χ2n) is 5.97. The van der Waals surface area contributed by atoms with Crippen molar-refractivity contribution in [2.24, 2.45) is 0 Å². The Morgan fingerprint density at radius 2 is 2.04 bits per heavy atom. The number of para-hydroxylation sites is 1.